The lowest BCUT2D eigenvalue weighted by molar-refractivity contribution is 0.0572. The predicted molar refractivity (Wildman–Crippen MR) is 78.9 cm³/mol. The van der Waals surface area contributed by atoms with Crippen LogP contribution in [0, 0.1) is 11.8 Å². The van der Waals surface area contributed by atoms with Gasteiger partial charge in [-0.25, -0.2) is 0 Å². The number of aliphatic hydroxyl groups is 3. The molecule has 2 atom stereocenters. The molecule has 1 aromatic rings. The van der Waals surface area contributed by atoms with Crippen LogP contribution in [-0.4, -0.2) is 59.2 Å². The predicted octanol–water partition coefficient (Wildman–Crippen LogP) is -0.0335. The van der Waals surface area contributed by atoms with Crippen LogP contribution in [0.15, 0.2) is 18.2 Å². The molecule has 2 rings (SSSR count). The number of likely N-dealkylation sites (tertiary alicyclic amines) is 1. The van der Waals surface area contributed by atoms with Crippen LogP contribution in [0.25, 0.3) is 0 Å². The third-order valence-corrected chi connectivity index (χ3v) is 3.50. The van der Waals surface area contributed by atoms with Gasteiger partial charge in [0.2, 0.25) is 0 Å². The molecule has 0 amide bonds. The molecule has 0 radical (unpaired) electrons. The molecule has 1 heterocycles. The molecule has 3 N–H and O–H groups in total. The molecule has 2 unspecified atom stereocenters. The van der Waals surface area contributed by atoms with Crippen molar-refractivity contribution < 1.29 is 20.1 Å². The minimum atomic E-state index is -0.695. The van der Waals surface area contributed by atoms with E-state index in [1.165, 1.54) is 0 Å². The molecule has 1 aliphatic rings. The maximum atomic E-state index is 9.62. The van der Waals surface area contributed by atoms with E-state index in [9.17, 15) is 10.2 Å². The summed E-state index contributed by atoms with van der Waals surface area (Å²) in [7, 11) is 1.61. The average Bonchev–Trinajstić information content (AvgIpc) is 2.79. The van der Waals surface area contributed by atoms with E-state index in [1.54, 1.807) is 7.11 Å². The van der Waals surface area contributed by atoms with Crippen molar-refractivity contribution in [3.8, 4) is 17.6 Å². The van der Waals surface area contributed by atoms with Gasteiger partial charge in [0.15, 0.2) is 0 Å². The summed E-state index contributed by atoms with van der Waals surface area (Å²) in [5.41, 5.74) is 1.86. The summed E-state index contributed by atoms with van der Waals surface area (Å²) >= 11 is 0. The molecule has 21 heavy (non-hydrogen) atoms. The van der Waals surface area contributed by atoms with Crippen LogP contribution >= 0.6 is 0 Å². The van der Waals surface area contributed by atoms with Crippen molar-refractivity contribution in [2.24, 2.45) is 0 Å². The van der Waals surface area contributed by atoms with E-state index >= 15 is 0 Å². The second-order valence-corrected chi connectivity index (χ2v) is 5.13. The second kappa shape index (κ2) is 7.43. The fourth-order valence-electron chi connectivity index (χ4n) is 2.38. The number of nitrogens with zero attached hydrogens (tertiary/aromatic N) is 1. The minimum Gasteiger partial charge on any atom is -0.497 e. The maximum absolute atomic E-state index is 9.62. The number of β-amino-alcohol motifs (C(OH)–C–C–N with tert-alkyl or cyclic N) is 2. The van der Waals surface area contributed by atoms with E-state index in [-0.39, 0.29) is 6.61 Å². The van der Waals surface area contributed by atoms with Crippen molar-refractivity contribution in [2.45, 2.75) is 25.2 Å². The molecular formula is C16H21NO4. The Bertz CT molecular complexity index is 525. The van der Waals surface area contributed by atoms with Crippen molar-refractivity contribution in [1.82, 2.24) is 4.90 Å². The van der Waals surface area contributed by atoms with E-state index in [0.29, 0.717) is 26.1 Å². The normalized spacial score (nSPS) is 21.9. The molecule has 5 heteroatoms. The SMILES string of the molecule is COc1ccc(C#CCCO)c(CN2CC(O)C(O)C2)c1. The summed E-state index contributed by atoms with van der Waals surface area (Å²) in [5, 5.41) is 28.0. The number of methoxy groups -OCH3 is 1. The first kappa shape index (κ1) is 15.8. The lowest BCUT2D eigenvalue weighted by Crippen LogP contribution is -2.22. The highest BCUT2D eigenvalue weighted by molar-refractivity contribution is 5.45. The van der Waals surface area contributed by atoms with Gasteiger partial charge >= 0.3 is 0 Å². The molecule has 1 aromatic carbocycles. The van der Waals surface area contributed by atoms with Gasteiger partial charge in [0.25, 0.3) is 0 Å². The Balaban J connectivity index is 2.17. The average molecular weight is 291 g/mol. The highest BCUT2D eigenvalue weighted by Gasteiger charge is 2.29. The maximum Gasteiger partial charge on any atom is 0.119 e. The van der Waals surface area contributed by atoms with E-state index < -0.39 is 12.2 Å². The van der Waals surface area contributed by atoms with Gasteiger partial charge in [-0.15, -0.1) is 0 Å². The van der Waals surface area contributed by atoms with Crippen LogP contribution < -0.4 is 4.74 Å². The lowest BCUT2D eigenvalue weighted by atomic mass is 10.1. The zero-order chi connectivity index (χ0) is 15.2. The first-order chi connectivity index (χ1) is 10.1. The standard InChI is InChI=1S/C16H21NO4/c1-21-14-6-5-12(4-2-3-7-18)13(8-14)9-17-10-15(19)16(20)11-17/h5-6,8,15-16,18-20H,3,7,9-11H2,1H3. The Morgan fingerprint density at radius 3 is 2.62 bits per heavy atom. The Kier molecular flexibility index (Phi) is 5.59. The molecule has 0 saturated carbocycles. The van der Waals surface area contributed by atoms with Crippen molar-refractivity contribution in [2.75, 3.05) is 26.8 Å². The summed E-state index contributed by atoms with van der Waals surface area (Å²) in [4.78, 5) is 1.99. The van der Waals surface area contributed by atoms with Gasteiger partial charge in [0.05, 0.1) is 25.9 Å². The first-order valence-corrected chi connectivity index (χ1v) is 6.99. The Labute approximate surface area is 124 Å². The Morgan fingerprint density at radius 2 is 2.00 bits per heavy atom. The molecule has 0 bridgehead atoms. The number of hydrogen-bond donors (Lipinski definition) is 3. The van der Waals surface area contributed by atoms with E-state index in [1.807, 2.05) is 23.1 Å². The van der Waals surface area contributed by atoms with Crippen LogP contribution in [0.5, 0.6) is 5.75 Å². The van der Waals surface area contributed by atoms with Crippen LogP contribution in [0.4, 0.5) is 0 Å². The molecule has 0 spiro atoms. The summed E-state index contributed by atoms with van der Waals surface area (Å²) in [6.07, 6.45) is -0.953. The zero-order valence-corrected chi connectivity index (χ0v) is 12.1. The van der Waals surface area contributed by atoms with Crippen LogP contribution in [0.2, 0.25) is 0 Å². The number of benzene rings is 1. The van der Waals surface area contributed by atoms with Gasteiger partial charge in [-0.1, -0.05) is 11.8 Å². The summed E-state index contributed by atoms with van der Waals surface area (Å²) in [5.74, 6) is 6.71. The number of ether oxygens (including phenoxy) is 1. The molecule has 1 saturated heterocycles. The molecule has 0 aromatic heterocycles. The van der Waals surface area contributed by atoms with Gasteiger partial charge in [-0.3, -0.25) is 4.90 Å². The van der Waals surface area contributed by atoms with Gasteiger partial charge in [0.1, 0.15) is 5.75 Å². The summed E-state index contributed by atoms with van der Waals surface area (Å²) in [6.45, 7) is 1.53. The van der Waals surface area contributed by atoms with E-state index in [0.717, 1.165) is 16.9 Å². The van der Waals surface area contributed by atoms with Crippen LogP contribution in [0.3, 0.4) is 0 Å². The van der Waals surface area contributed by atoms with Crippen molar-refractivity contribution in [1.29, 1.82) is 0 Å². The van der Waals surface area contributed by atoms with Gasteiger partial charge in [-0.2, -0.15) is 0 Å². The molecular weight excluding hydrogens is 270 g/mol. The fraction of sp³-hybridized carbons (Fsp3) is 0.500. The minimum absolute atomic E-state index is 0.0446. The van der Waals surface area contributed by atoms with Crippen molar-refractivity contribution in [3.05, 3.63) is 29.3 Å². The molecule has 5 nitrogen and oxygen atoms in total. The van der Waals surface area contributed by atoms with E-state index in [2.05, 4.69) is 11.8 Å². The molecule has 1 fully saturated rings. The van der Waals surface area contributed by atoms with Crippen LogP contribution in [0.1, 0.15) is 17.5 Å². The number of aliphatic hydroxyl groups excluding tert-OH is 3. The van der Waals surface area contributed by atoms with E-state index in [4.69, 9.17) is 9.84 Å². The largest absolute Gasteiger partial charge is 0.497 e. The second-order valence-electron chi connectivity index (χ2n) is 5.13. The Morgan fingerprint density at radius 1 is 1.29 bits per heavy atom. The quantitative estimate of drug-likeness (QED) is 0.679. The molecule has 0 aliphatic carbocycles. The highest BCUT2D eigenvalue weighted by atomic mass is 16.5. The molecule has 1 aliphatic heterocycles. The summed E-state index contributed by atoms with van der Waals surface area (Å²) < 4.78 is 5.24. The van der Waals surface area contributed by atoms with Crippen molar-refractivity contribution in [3.63, 3.8) is 0 Å². The lowest BCUT2D eigenvalue weighted by Gasteiger charge is -2.16. The van der Waals surface area contributed by atoms with Gasteiger partial charge in [-0.05, 0) is 23.8 Å². The van der Waals surface area contributed by atoms with Gasteiger partial charge in [0, 0.05) is 31.6 Å². The monoisotopic (exact) mass is 291 g/mol. The fourth-order valence-corrected chi connectivity index (χ4v) is 2.38. The topological polar surface area (TPSA) is 73.2 Å². The Hall–Kier alpha value is -1.58. The zero-order valence-electron chi connectivity index (χ0n) is 12.1. The molecule has 114 valence electrons. The van der Waals surface area contributed by atoms with Gasteiger partial charge < -0.3 is 20.1 Å². The smallest absolute Gasteiger partial charge is 0.119 e. The van der Waals surface area contributed by atoms with Crippen LogP contribution in [-0.2, 0) is 6.54 Å². The first-order valence-electron chi connectivity index (χ1n) is 6.99. The van der Waals surface area contributed by atoms with Crippen molar-refractivity contribution >= 4 is 0 Å². The third kappa shape index (κ3) is 4.19. The highest BCUT2D eigenvalue weighted by Crippen LogP contribution is 2.21. The summed E-state index contributed by atoms with van der Waals surface area (Å²) in [6, 6.07) is 5.65. The third-order valence-electron chi connectivity index (χ3n) is 3.50. The number of hydrogen-bond acceptors (Lipinski definition) is 5. The number of rotatable bonds is 4.